The van der Waals surface area contributed by atoms with Crippen LogP contribution in [0.3, 0.4) is 0 Å². The van der Waals surface area contributed by atoms with Gasteiger partial charge in [-0.15, -0.1) is 0 Å². The van der Waals surface area contributed by atoms with Crippen LogP contribution in [0.25, 0.3) is 0 Å². The summed E-state index contributed by atoms with van der Waals surface area (Å²) >= 11 is 0. The van der Waals surface area contributed by atoms with Crippen LogP contribution >= 0.6 is 0 Å². The number of likely N-dealkylation sites (tertiary alicyclic amines) is 1. The molecule has 2 atom stereocenters. The molecule has 2 fully saturated rings. The van der Waals surface area contributed by atoms with Crippen molar-refractivity contribution in [2.75, 3.05) is 26.2 Å². The highest BCUT2D eigenvalue weighted by molar-refractivity contribution is 5.76. The maximum Gasteiger partial charge on any atom is 0.222 e. The number of rotatable bonds is 6. The molecule has 1 amide bonds. The van der Waals surface area contributed by atoms with Gasteiger partial charge >= 0.3 is 0 Å². The highest BCUT2D eigenvalue weighted by Crippen LogP contribution is 2.33. The van der Waals surface area contributed by atoms with E-state index in [2.05, 4.69) is 24.1 Å². The molecular formula is C16H30N2O2. The number of hydrogen-bond acceptors (Lipinski definition) is 3. The molecule has 0 radical (unpaired) electrons. The van der Waals surface area contributed by atoms with Crippen LogP contribution in [0.15, 0.2) is 0 Å². The third kappa shape index (κ3) is 3.95. The zero-order chi connectivity index (χ0) is 14.5. The molecule has 1 N–H and O–H groups in total. The van der Waals surface area contributed by atoms with Crippen LogP contribution in [-0.4, -0.2) is 49.2 Å². The zero-order valence-electron chi connectivity index (χ0n) is 13.2. The lowest BCUT2D eigenvalue weighted by atomic mass is 9.79. The van der Waals surface area contributed by atoms with Crippen molar-refractivity contribution in [3.63, 3.8) is 0 Å². The molecule has 116 valence electrons. The van der Waals surface area contributed by atoms with E-state index in [4.69, 9.17) is 4.74 Å². The van der Waals surface area contributed by atoms with Crippen molar-refractivity contribution in [3.8, 4) is 0 Å². The van der Waals surface area contributed by atoms with Gasteiger partial charge in [0.2, 0.25) is 5.91 Å². The number of carbonyl (C=O) groups is 1. The molecule has 0 aromatic heterocycles. The molecule has 1 saturated carbocycles. The first kappa shape index (κ1) is 15.8. The largest absolute Gasteiger partial charge is 0.378 e. The van der Waals surface area contributed by atoms with Crippen LogP contribution in [0.2, 0.25) is 0 Å². The van der Waals surface area contributed by atoms with E-state index in [0.717, 1.165) is 51.9 Å². The predicted octanol–water partition coefficient (Wildman–Crippen LogP) is 2.04. The molecule has 2 unspecified atom stereocenters. The fourth-order valence-corrected chi connectivity index (χ4v) is 3.53. The number of nitrogens with zero attached hydrogens (tertiary/aromatic N) is 1. The Hall–Kier alpha value is -0.610. The van der Waals surface area contributed by atoms with Crippen LogP contribution < -0.4 is 5.32 Å². The Balaban J connectivity index is 1.69. The molecule has 2 aliphatic rings. The van der Waals surface area contributed by atoms with Crippen molar-refractivity contribution < 1.29 is 9.53 Å². The minimum absolute atomic E-state index is 0.353. The van der Waals surface area contributed by atoms with Crippen molar-refractivity contribution in [1.82, 2.24) is 10.2 Å². The van der Waals surface area contributed by atoms with Crippen LogP contribution in [0.1, 0.15) is 46.5 Å². The van der Waals surface area contributed by atoms with E-state index in [9.17, 15) is 4.79 Å². The molecule has 0 spiro atoms. The van der Waals surface area contributed by atoms with E-state index in [1.54, 1.807) is 0 Å². The molecule has 2 rings (SSSR count). The standard InChI is InChI=1S/C16H30N2O2/c1-4-17-15-6-7-18(11-12(15)3)16(19)10-13-8-14(9-13)20-5-2/h12-15,17H,4-11H2,1-3H3. The van der Waals surface area contributed by atoms with Crippen LogP contribution in [0.5, 0.6) is 0 Å². The van der Waals surface area contributed by atoms with Gasteiger partial charge in [0, 0.05) is 32.2 Å². The third-order valence-electron chi connectivity index (χ3n) is 4.78. The summed E-state index contributed by atoms with van der Waals surface area (Å²) < 4.78 is 5.56. The predicted molar refractivity (Wildman–Crippen MR) is 80.6 cm³/mol. The Morgan fingerprint density at radius 1 is 1.35 bits per heavy atom. The van der Waals surface area contributed by atoms with Crippen LogP contribution in [0.4, 0.5) is 0 Å². The van der Waals surface area contributed by atoms with E-state index < -0.39 is 0 Å². The van der Waals surface area contributed by atoms with Crippen LogP contribution in [-0.2, 0) is 9.53 Å². The highest BCUT2D eigenvalue weighted by Gasteiger charge is 2.34. The fraction of sp³-hybridized carbons (Fsp3) is 0.938. The summed E-state index contributed by atoms with van der Waals surface area (Å²) in [6.45, 7) is 10.1. The Morgan fingerprint density at radius 2 is 2.10 bits per heavy atom. The van der Waals surface area contributed by atoms with Gasteiger partial charge in [-0.1, -0.05) is 13.8 Å². The van der Waals surface area contributed by atoms with E-state index >= 15 is 0 Å². The number of amides is 1. The third-order valence-corrected chi connectivity index (χ3v) is 4.78. The number of ether oxygens (including phenoxy) is 1. The smallest absolute Gasteiger partial charge is 0.222 e. The monoisotopic (exact) mass is 282 g/mol. The Bertz CT molecular complexity index is 316. The Labute approximate surface area is 123 Å². The summed E-state index contributed by atoms with van der Waals surface area (Å²) in [6, 6.07) is 0.579. The molecule has 0 bridgehead atoms. The van der Waals surface area contributed by atoms with Gasteiger partial charge in [-0.2, -0.15) is 0 Å². The molecule has 0 aromatic rings. The fourth-order valence-electron chi connectivity index (χ4n) is 3.53. The van der Waals surface area contributed by atoms with E-state index in [1.165, 1.54) is 0 Å². The summed E-state index contributed by atoms with van der Waals surface area (Å²) in [5.41, 5.74) is 0. The SMILES string of the molecule is CCNC1CCN(C(=O)CC2CC(OCC)C2)CC1C. The minimum Gasteiger partial charge on any atom is -0.378 e. The van der Waals surface area contributed by atoms with Crippen molar-refractivity contribution in [3.05, 3.63) is 0 Å². The Morgan fingerprint density at radius 3 is 2.70 bits per heavy atom. The topological polar surface area (TPSA) is 41.6 Å². The van der Waals surface area contributed by atoms with Gasteiger partial charge in [-0.25, -0.2) is 0 Å². The molecule has 1 heterocycles. The van der Waals surface area contributed by atoms with Gasteiger partial charge in [0.15, 0.2) is 0 Å². The summed E-state index contributed by atoms with van der Waals surface area (Å²) in [5.74, 6) is 1.47. The Kier molecular flexibility index (Phi) is 5.85. The summed E-state index contributed by atoms with van der Waals surface area (Å²) in [4.78, 5) is 14.4. The first-order valence-electron chi connectivity index (χ1n) is 8.26. The average molecular weight is 282 g/mol. The number of hydrogen-bond donors (Lipinski definition) is 1. The average Bonchev–Trinajstić information content (AvgIpc) is 2.38. The molecule has 20 heavy (non-hydrogen) atoms. The van der Waals surface area contributed by atoms with Gasteiger partial charge in [0.25, 0.3) is 0 Å². The normalized spacial score (nSPS) is 33.9. The van der Waals surface area contributed by atoms with Gasteiger partial charge in [-0.3, -0.25) is 4.79 Å². The lowest BCUT2D eigenvalue weighted by Gasteiger charge is -2.40. The van der Waals surface area contributed by atoms with Gasteiger partial charge < -0.3 is 15.0 Å². The van der Waals surface area contributed by atoms with Crippen molar-refractivity contribution in [2.24, 2.45) is 11.8 Å². The van der Waals surface area contributed by atoms with Crippen LogP contribution in [0, 0.1) is 11.8 Å². The first-order chi connectivity index (χ1) is 9.63. The maximum absolute atomic E-state index is 12.3. The van der Waals surface area contributed by atoms with Gasteiger partial charge in [0.1, 0.15) is 0 Å². The zero-order valence-corrected chi connectivity index (χ0v) is 13.2. The minimum atomic E-state index is 0.353. The molecule has 1 saturated heterocycles. The quantitative estimate of drug-likeness (QED) is 0.810. The summed E-state index contributed by atoms with van der Waals surface area (Å²) in [6.07, 6.45) is 4.37. The number of nitrogens with one attached hydrogen (secondary N) is 1. The van der Waals surface area contributed by atoms with Crippen molar-refractivity contribution >= 4 is 5.91 Å². The van der Waals surface area contributed by atoms with E-state index in [0.29, 0.717) is 29.9 Å². The number of piperidine rings is 1. The highest BCUT2D eigenvalue weighted by atomic mass is 16.5. The molecule has 1 aliphatic heterocycles. The van der Waals surface area contributed by atoms with Crippen molar-refractivity contribution in [2.45, 2.75) is 58.6 Å². The summed E-state index contributed by atoms with van der Waals surface area (Å²) in [5, 5.41) is 3.52. The van der Waals surface area contributed by atoms with E-state index in [-0.39, 0.29) is 0 Å². The second-order valence-corrected chi connectivity index (χ2v) is 6.39. The molecular weight excluding hydrogens is 252 g/mol. The lowest BCUT2D eigenvalue weighted by molar-refractivity contribution is -0.136. The number of carbonyl (C=O) groups excluding carboxylic acids is 1. The maximum atomic E-state index is 12.3. The molecule has 0 aromatic carbocycles. The first-order valence-corrected chi connectivity index (χ1v) is 8.26. The van der Waals surface area contributed by atoms with Gasteiger partial charge in [-0.05, 0) is 44.6 Å². The second kappa shape index (κ2) is 7.41. The lowest BCUT2D eigenvalue weighted by Crippen LogP contribution is -2.50. The second-order valence-electron chi connectivity index (χ2n) is 6.39. The summed E-state index contributed by atoms with van der Waals surface area (Å²) in [7, 11) is 0. The van der Waals surface area contributed by atoms with Gasteiger partial charge in [0.05, 0.1) is 6.10 Å². The molecule has 4 nitrogen and oxygen atoms in total. The molecule has 1 aliphatic carbocycles. The van der Waals surface area contributed by atoms with E-state index in [1.807, 2.05) is 6.92 Å². The van der Waals surface area contributed by atoms with Crippen molar-refractivity contribution in [1.29, 1.82) is 0 Å². The molecule has 4 heteroatoms.